The van der Waals surface area contributed by atoms with E-state index in [2.05, 4.69) is 5.32 Å². The summed E-state index contributed by atoms with van der Waals surface area (Å²) in [6, 6.07) is 3.69. The van der Waals surface area contributed by atoms with Crippen LogP contribution in [0.3, 0.4) is 0 Å². The Morgan fingerprint density at radius 3 is 2.42 bits per heavy atom. The van der Waals surface area contributed by atoms with Crippen LogP contribution in [-0.4, -0.2) is 32.1 Å². The third-order valence-corrected chi connectivity index (χ3v) is 3.07. The van der Waals surface area contributed by atoms with E-state index in [9.17, 15) is 8.78 Å². The zero-order valence-electron chi connectivity index (χ0n) is 11.0. The van der Waals surface area contributed by atoms with Crippen molar-refractivity contribution in [1.29, 1.82) is 0 Å². The van der Waals surface area contributed by atoms with Crippen molar-refractivity contribution < 1.29 is 18.3 Å². The van der Waals surface area contributed by atoms with E-state index in [1.807, 2.05) is 6.92 Å². The summed E-state index contributed by atoms with van der Waals surface area (Å²) in [6.07, 6.45) is 1.00. The Balaban J connectivity index is 1.98. The van der Waals surface area contributed by atoms with E-state index in [1.54, 1.807) is 0 Å². The number of ether oxygens (including phenoxy) is 2. The lowest BCUT2D eigenvalue weighted by Crippen LogP contribution is -2.34. The van der Waals surface area contributed by atoms with Gasteiger partial charge < -0.3 is 14.8 Å². The molecule has 3 nitrogen and oxygen atoms in total. The molecule has 0 aliphatic carbocycles. The Labute approximate surface area is 111 Å². The summed E-state index contributed by atoms with van der Waals surface area (Å²) in [5.41, 5.74) is 0.640. The van der Waals surface area contributed by atoms with Gasteiger partial charge in [-0.2, -0.15) is 0 Å². The average molecular weight is 271 g/mol. The van der Waals surface area contributed by atoms with Crippen LogP contribution in [0.5, 0.6) is 0 Å². The van der Waals surface area contributed by atoms with Crippen molar-refractivity contribution in [2.75, 3.05) is 19.8 Å². The molecule has 1 saturated heterocycles. The Hall–Kier alpha value is -1.04. The van der Waals surface area contributed by atoms with Crippen LogP contribution in [-0.2, 0) is 15.9 Å². The third-order valence-electron chi connectivity index (χ3n) is 3.07. The molecule has 2 rings (SSSR count). The maximum absolute atomic E-state index is 13.2. The van der Waals surface area contributed by atoms with Gasteiger partial charge in [0.2, 0.25) is 0 Å². The highest BCUT2D eigenvalue weighted by Crippen LogP contribution is 2.16. The molecule has 0 saturated carbocycles. The van der Waals surface area contributed by atoms with Crippen molar-refractivity contribution in [1.82, 2.24) is 5.32 Å². The molecule has 0 aromatic heterocycles. The van der Waals surface area contributed by atoms with E-state index in [-0.39, 0.29) is 12.3 Å². The smallest absolute Gasteiger partial charge is 0.159 e. The largest absolute Gasteiger partial charge is 0.350 e. The standard InChI is InChI=1S/C14H19F2NO2/c1-2-17-13(9-14-18-3-4-19-14)7-10-5-11(15)8-12(16)6-10/h5-6,8,13-14,17H,2-4,7,9H2,1H3. The fraction of sp³-hybridized carbons (Fsp3) is 0.571. The van der Waals surface area contributed by atoms with Crippen LogP contribution in [0.15, 0.2) is 18.2 Å². The molecule has 5 heteroatoms. The molecule has 1 aromatic carbocycles. The average Bonchev–Trinajstić information content (AvgIpc) is 2.80. The molecule has 0 radical (unpaired) electrons. The lowest BCUT2D eigenvalue weighted by molar-refractivity contribution is -0.0525. The quantitative estimate of drug-likeness (QED) is 0.861. The highest BCUT2D eigenvalue weighted by molar-refractivity contribution is 5.19. The van der Waals surface area contributed by atoms with Gasteiger partial charge in [0.05, 0.1) is 13.2 Å². The van der Waals surface area contributed by atoms with Crippen molar-refractivity contribution in [2.45, 2.75) is 32.1 Å². The van der Waals surface area contributed by atoms with Crippen molar-refractivity contribution in [3.63, 3.8) is 0 Å². The molecule has 0 spiro atoms. The van der Waals surface area contributed by atoms with Gasteiger partial charge in [0.25, 0.3) is 0 Å². The second-order valence-corrected chi connectivity index (χ2v) is 4.64. The fourth-order valence-electron chi connectivity index (χ4n) is 2.32. The van der Waals surface area contributed by atoms with Gasteiger partial charge in [0.15, 0.2) is 6.29 Å². The molecule has 1 aliphatic heterocycles. The minimum Gasteiger partial charge on any atom is -0.350 e. The van der Waals surface area contributed by atoms with E-state index in [0.717, 1.165) is 12.6 Å². The maximum Gasteiger partial charge on any atom is 0.159 e. The van der Waals surface area contributed by atoms with Gasteiger partial charge in [-0.15, -0.1) is 0 Å². The van der Waals surface area contributed by atoms with Crippen LogP contribution >= 0.6 is 0 Å². The van der Waals surface area contributed by atoms with Crippen LogP contribution in [0, 0.1) is 11.6 Å². The fourth-order valence-corrected chi connectivity index (χ4v) is 2.32. The molecule has 0 amide bonds. The first kappa shape index (κ1) is 14.4. The number of halogens is 2. The van der Waals surface area contributed by atoms with Crippen LogP contribution in [0.1, 0.15) is 18.9 Å². The van der Waals surface area contributed by atoms with E-state index in [4.69, 9.17) is 9.47 Å². The SMILES string of the molecule is CCNC(Cc1cc(F)cc(F)c1)CC1OCCO1. The Morgan fingerprint density at radius 2 is 1.84 bits per heavy atom. The number of nitrogens with one attached hydrogen (secondary N) is 1. The molecule has 1 unspecified atom stereocenters. The predicted molar refractivity (Wildman–Crippen MR) is 67.8 cm³/mol. The summed E-state index contributed by atoms with van der Waals surface area (Å²) in [6.45, 7) is 4.00. The summed E-state index contributed by atoms with van der Waals surface area (Å²) in [7, 11) is 0. The number of rotatable bonds is 6. The summed E-state index contributed by atoms with van der Waals surface area (Å²) in [5.74, 6) is -1.09. The maximum atomic E-state index is 13.2. The first-order valence-electron chi connectivity index (χ1n) is 6.59. The molecular formula is C14H19F2NO2. The lowest BCUT2D eigenvalue weighted by atomic mass is 10.0. The minimum absolute atomic E-state index is 0.0781. The topological polar surface area (TPSA) is 30.5 Å². The van der Waals surface area contributed by atoms with Crippen LogP contribution < -0.4 is 5.32 Å². The van der Waals surface area contributed by atoms with E-state index in [1.165, 1.54) is 12.1 Å². The Morgan fingerprint density at radius 1 is 1.21 bits per heavy atom. The molecule has 1 heterocycles. The van der Waals surface area contributed by atoms with Crippen molar-refractivity contribution in [2.24, 2.45) is 0 Å². The summed E-state index contributed by atoms with van der Waals surface area (Å²) < 4.78 is 37.1. The van der Waals surface area contributed by atoms with Gasteiger partial charge >= 0.3 is 0 Å². The predicted octanol–water partition coefficient (Wildman–Crippen LogP) is 2.25. The van der Waals surface area contributed by atoms with Crippen LogP contribution in [0.2, 0.25) is 0 Å². The van der Waals surface area contributed by atoms with Gasteiger partial charge in [-0.3, -0.25) is 0 Å². The van der Waals surface area contributed by atoms with Crippen LogP contribution in [0.25, 0.3) is 0 Å². The second kappa shape index (κ2) is 6.93. The van der Waals surface area contributed by atoms with Gasteiger partial charge in [0, 0.05) is 18.5 Å². The minimum atomic E-state index is -0.543. The molecule has 1 aliphatic rings. The molecule has 19 heavy (non-hydrogen) atoms. The molecule has 1 aromatic rings. The summed E-state index contributed by atoms with van der Waals surface area (Å²) >= 11 is 0. The summed E-state index contributed by atoms with van der Waals surface area (Å²) in [4.78, 5) is 0. The van der Waals surface area contributed by atoms with E-state index in [0.29, 0.717) is 31.6 Å². The van der Waals surface area contributed by atoms with Gasteiger partial charge in [-0.1, -0.05) is 6.92 Å². The zero-order valence-corrected chi connectivity index (χ0v) is 11.0. The summed E-state index contributed by atoms with van der Waals surface area (Å²) in [5, 5.41) is 3.29. The van der Waals surface area contributed by atoms with Crippen molar-refractivity contribution in [3.8, 4) is 0 Å². The van der Waals surface area contributed by atoms with Gasteiger partial charge in [0.1, 0.15) is 11.6 Å². The van der Waals surface area contributed by atoms with Crippen molar-refractivity contribution in [3.05, 3.63) is 35.4 Å². The molecule has 1 atom stereocenters. The molecule has 1 N–H and O–H groups in total. The number of hydrogen-bond acceptors (Lipinski definition) is 3. The van der Waals surface area contributed by atoms with E-state index < -0.39 is 11.6 Å². The number of hydrogen-bond donors (Lipinski definition) is 1. The van der Waals surface area contributed by atoms with Crippen LogP contribution in [0.4, 0.5) is 8.78 Å². The lowest BCUT2D eigenvalue weighted by Gasteiger charge is -2.20. The number of likely N-dealkylation sites (N-methyl/N-ethyl adjacent to an activating group) is 1. The van der Waals surface area contributed by atoms with Gasteiger partial charge in [-0.25, -0.2) is 8.78 Å². The molecular weight excluding hydrogens is 252 g/mol. The van der Waals surface area contributed by atoms with Gasteiger partial charge in [-0.05, 0) is 30.7 Å². The number of benzene rings is 1. The first-order chi connectivity index (χ1) is 9.17. The monoisotopic (exact) mass is 271 g/mol. The molecule has 1 fully saturated rings. The Bertz CT molecular complexity index is 388. The highest BCUT2D eigenvalue weighted by atomic mass is 19.1. The molecule has 106 valence electrons. The highest BCUT2D eigenvalue weighted by Gasteiger charge is 2.21. The van der Waals surface area contributed by atoms with E-state index >= 15 is 0 Å². The first-order valence-corrected chi connectivity index (χ1v) is 6.59. The Kier molecular flexibility index (Phi) is 5.24. The second-order valence-electron chi connectivity index (χ2n) is 4.64. The molecule has 0 bridgehead atoms. The zero-order chi connectivity index (χ0) is 13.7. The van der Waals surface area contributed by atoms with Crippen molar-refractivity contribution >= 4 is 0 Å². The normalized spacial score (nSPS) is 17.8. The third kappa shape index (κ3) is 4.53.